The molecule has 0 aromatic carbocycles. The lowest BCUT2D eigenvalue weighted by atomic mass is 10.2. The summed E-state index contributed by atoms with van der Waals surface area (Å²) in [5, 5.41) is 13.3. The van der Waals surface area contributed by atoms with Gasteiger partial charge in [0.05, 0.1) is 0 Å². The van der Waals surface area contributed by atoms with E-state index in [1.807, 2.05) is 0 Å². The molecule has 0 saturated carbocycles. The van der Waals surface area contributed by atoms with Gasteiger partial charge in [-0.15, -0.1) is 10.2 Å². The second-order valence-corrected chi connectivity index (χ2v) is 1.65. The number of nitrogens with zero attached hydrogens (tertiary/aromatic N) is 2. The van der Waals surface area contributed by atoms with E-state index < -0.39 is 5.92 Å². The molecule has 0 bridgehead atoms. The van der Waals surface area contributed by atoms with Crippen LogP contribution < -0.4 is 0 Å². The molecule has 1 N–H and O–H groups in total. The van der Waals surface area contributed by atoms with Gasteiger partial charge in [0.25, 0.3) is 5.91 Å². The highest BCUT2D eigenvalue weighted by molar-refractivity contribution is 6.05. The molecule has 1 amide bonds. The number of nitrogens with one attached hydrogen (secondary N) is 1. The highest BCUT2D eigenvalue weighted by Crippen LogP contribution is 2.08. The van der Waals surface area contributed by atoms with E-state index in [1.54, 1.807) is 6.92 Å². The lowest BCUT2D eigenvalue weighted by Gasteiger charge is -1.89. The summed E-state index contributed by atoms with van der Waals surface area (Å²) in [5.74, 6) is -0.653. The standard InChI is InChI=1S/C4H5N3O/c1-2-3(5)6-7-4(2)8/h2,5H,1H3. The fourth-order valence-corrected chi connectivity index (χ4v) is 0.393. The third kappa shape index (κ3) is 0.538. The van der Waals surface area contributed by atoms with Crippen molar-refractivity contribution < 1.29 is 4.79 Å². The lowest BCUT2D eigenvalue weighted by Crippen LogP contribution is -2.08. The maximum atomic E-state index is 10.4. The van der Waals surface area contributed by atoms with E-state index in [2.05, 4.69) is 10.2 Å². The molecule has 1 aliphatic rings. The van der Waals surface area contributed by atoms with Gasteiger partial charge in [0.15, 0.2) is 5.84 Å². The Kier molecular flexibility index (Phi) is 0.932. The van der Waals surface area contributed by atoms with Crippen molar-refractivity contribution >= 4 is 11.7 Å². The van der Waals surface area contributed by atoms with Gasteiger partial charge in [-0.2, -0.15) is 0 Å². The maximum absolute atomic E-state index is 10.4. The number of amidine groups is 1. The third-order valence-corrected chi connectivity index (χ3v) is 1.04. The topological polar surface area (TPSA) is 65.6 Å². The highest BCUT2D eigenvalue weighted by atomic mass is 16.2. The van der Waals surface area contributed by atoms with Gasteiger partial charge in [0, 0.05) is 0 Å². The van der Waals surface area contributed by atoms with Crippen LogP contribution in [0.3, 0.4) is 0 Å². The first-order valence-corrected chi connectivity index (χ1v) is 2.26. The summed E-state index contributed by atoms with van der Waals surface area (Å²) in [7, 11) is 0. The monoisotopic (exact) mass is 111 g/mol. The number of hydrogen-bond acceptors (Lipinski definition) is 2. The first-order chi connectivity index (χ1) is 3.72. The van der Waals surface area contributed by atoms with Crippen molar-refractivity contribution in [2.75, 3.05) is 0 Å². The van der Waals surface area contributed by atoms with Crippen LogP contribution in [0, 0.1) is 11.3 Å². The zero-order valence-electron chi connectivity index (χ0n) is 4.38. The SMILES string of the molecule is CC1C(=N)N=NC1=O. The fraction of sp³-hybridized carbons (Fsp3) is 0.500. The van der Waals surface area contributed by atoms with Crippen LogP contribution in [0.25, 0.3) is 0 Å². The zero-order valence-corrected chi connectivity index (χ0v) is 4.38. The number of rotatable bonds is 0. The van der Waals surface area contributed by atoms with Gasteiger partial charge in [-0.3, -0.25) is 10.2 Å². The summed E-state index contributed by atoms with van der Waals surface area (Å²) < 4.78 is 0. The third-order valence-electron chi connectivity index (χ3n) is 1.04. The molecule has 1 unspecified atom stereocenters. The summed E-state index contributed by atoms with van der Waals surface area (Å²) in [4.78, 5) is 10.4. The predicted molar refractivity (Wildman–Crippen MR) is 26.8 cm³/mol. The molecule has 0 spiro atoms. The van der Waals surface area contributed by atoms with E-state index in [9.17, 15) is 4.79 Å². The van der Waals surface area contributed by atoms with Crippen LogP contribution in [0.15, 0.2) is 10.2 Å². The van der Waals surface area contributed by atoms with E-state index in [0.29, 0.717) is 0 Å². The van der Waals surface area contributed by atoms with E-state index >= 15 is 0 Å². The average molecular weight is 111 g/mol. The van der Waals surface area contributed by atoms with E-state index in [0.717, 1.165) is 0 Å². The van der Waals surface area contributed by atoms with Crippen LogP contribution in [-0.2, 0) is 4.79 Å². The van der Waals surface area contributed by atoms with Crippen molar-refractivity contribution in [2.24, 2.45) is 16.1 Å². The molecule has 42 valence electrons. The molecule has 1 aliphatic heterocycles. The van der Waals surface area contributed by atoms with Crippen molar-refractivity contribution in [3.63, 3.8) is 0 Å². The van der Waals surface area contributed by atoms with Crippen LogP contribution in [0.4, 0.5) is 0 Å². The molecular formula is C4H5N3O. The summed E-state index contributed by atoms with van der Waals surface area (Å²) in [6, 6.07) is 0. The van der Waals surface area contributed by atoms with Crippen molar-refractivity contribution in [1.29, 1.82) is 5.41 Å². The van der Waals surface area contributed by atoms with Gasteiger partial charge in [-0.25, -0.2) is 0 Å². The first-order valence-electron chi connectivity index (χ1n) is 2.26. The van der Waals surface area contributed by atoms with Crippen molar-refractivity contribution in [3.8, 4) is 0 Å². The van der Waals surface area contributed by atoms with E-state index in [4.69, 9.17) is 5.41 Å². The second-order valence-electron chi connectivity index (χ2n) is 1.65. The minimum atomic E-state index is -0.407. The summed E-state index contributed by atoms with van der Waals surface area (Å²) in [5.41, 5.74) is 0. The average Bonchev–Trinajstić information content (AvgIpc) is 1.98. The number of amides is 1. The van der Waals surface area contributed by atoms with Gasteiger partial charge >= 0.3 is 0 Å². The van der Waals surface area contributed by atoms with Crippen molar-refractivity contribution in [3.05, 3.63) is 0 Å². The Bertz CT molecular complexity index is 154. The fourth-order valence-electron chi connectivity index (χ4n) is 0.393. The van der Waals surface area contributed by atoms with Gasteiger partial charge in [0.1, 0.15) is 5.92 Å². The molecule has 4 heteroatoms. The minimum Gasteiger partial charge on any atom is -0.284 e. The molecule has 0 aliphatic carbocycles. The number of hydrogen-bond donors (Lipinski definition) is 1. The van der Waals surface area contributed by atoms with Gasteiger partial charge < -0.3 is 0 Å². The maximum Gasteiger partial charge on any atom is 0.275 e. The Labute approximate surface area is 46.1 Å². The van der Waals surface area contributed by atoms with Gasteiger partial charge in [-0.1, -0.05) is 0 Å². The van der Waals surface area contributed by atoms with Gasteiger partial charge in [0.2, 0.25) is 0 Å². The Morgan fingerprint density at radius 1 is 1.62 bits per heavy atom. The van der Waals surface area contributed by atoms with Crippen molar-refractivity contribution in [2.45, 2.75) is 6.92 Å². The molecule has 1 heterocycles. The summed E-state index contributed by atoms with van der Waals surface area (Å²) in [6.07, 6.45) is 0. The molecule has 1 atom stereocenters. The molecule has 0 radical (unpaired) electrons. The smallest absolute Gasteiger partial charge is 0.275 e. The second kappa shape index (κ2) is 1.47. The first kappa shape index (κ1) is 5.08. The van der Waals surface area contributed by atoms with Gasteiger partial charge in [-0.05, 0) is 6.92 Å². The van der Waals surface area contributed by atoms with E-state index in [-0.39, 0.29) is 11.7 Å². The summed E-state index contributed by atoms with van der Waals surface area (Å²) in [6.45, 7) is 1.62. The molecule has 0 fully saturated rings. The Hall–Kier alpha value is -1.06. The number of azo groups is 1. The number of carbonyl (C=O) groups excluding carboxylic acids is 1. The Balaban J connectivity index is 2.84. The van der Waals surface area contributed by atoms with Crippen molar-refractivity contribution in [1.82, 2.24) is 0 Å². The molecular weight excluding hydrogens is 106 g/mol. The highest BCUT2D eigenvalue weighted by Gasteiger charge is 2.22. The van der Waals surface area contributed by atoms with Crippen LogP contribution in [0.2, 0.25) is 0 Å². The molecule has 0 aromatic heterocycles. The number of carbonyl (C=O) groups is 1. The Morgan fingerprint density at radius 3 is 2.38 bits per heavy atom. The minimum absolute atomic E-state index is 0.0648. The lowest BCUT2D eigenvalue weighted by molar-refractivity contribution is -0.119. The summed E-state index contributed by atoms with van der Waals surface area (Å²) >= 11 is 0. The van der Waals surface area contributed by atoms with Crippen LogP contribution in [0.5, 0.6) is 0 Å². The quantitative estimate of drug-likeness (QED) is 0.488. The van der Waals surface area contributed by atoms with Crippen LogP contribution in [0.1, 0.15) is 6.92 Å². The normalized spacial score (nSPS) is 27.4. The molecule has 0 saturated heterocycles. The molecule has 0 aromatic rings. The molecule has 4 nitrogen and oxygen atoms in total. The zero-order chi connectivity index (χ0) is 6.15. The Morgan fingerprint density at radius 2 is 2.25 bits per heavy atom. The molecule has 1 rings (SSSR count). The van der Waals surface area contributed by atoms with Crippen LogP contribution in [-0.4, -0.2) is 11.7 Å². The van der Waals surface area contributed by atoms with Crippen LogP contribution >= 0.6 is 0 Å². The largest absolute Gasteiger partial charge is 0.284 e. The van der Waals surface area contributed by atoms with E-state index in [1.165, 1.54) is 0 Å². The molecule has 8 heavy (non-hydrogen) atoms. The predicted octanol–water partition coefficient (Wildman–Crippen LogP) is 0.592.